The Bertz CT molecular complexity index is 3020. The van der Waals surface area contributed by atoms with Crippen molar-refractivity contribution in [2.45, 2.75) is 6.17 Å². The van der Waals surface area contributed by atoms with E-state index in [0.29, 0.717) is 11.1 Å². The van der Waals surface area contributed by atoms with Crippen LogP contribution in [0.3, 0.4) is 0 Å². The molecule has 7 heteroatoms. The summed E-state index contributed by atoms with van der Waals surface area (Å²) in [6.45, 7) is 0. The van der Waals surface area contributed by atoms with Crippen LogP contribution in [0.5, 0.6) is 0 Å². The van der Waals surface area contributed by atoms with Gasteiger partial charge in [0.25, 0.3) is 0 Å². The second-order valence-electron chi connectivity index (χ2n) is 13.3. The van der Waals surface area contributed by atoms with E-state index in [1.165, 1.54) is 0 Å². The third-order valence-corrected chi connectivity index (χ3v) is 10.1. The van der Waals surface area contributed by atoms with Crippen LogP contribution in [0.25, 0.3) is 60.6 Å². The molecule has 0 unspecified atom stereocenters. The molecule has 0 saturated heterocycles. The molecule has 9 aromatic rings. The minimum atomic E-state index is -0.506. The van der Waals surface area contributed by atoms with Crippen molar-refractivity contribution in [2.75, 3.05) is 0 Å². The summed E-state index contributed by atoms with van der Waals surface area (Å²) in [5, 5.41) is 27.0. The van der Waals surface area contributed by atoms with E-state index >= 15 is 0 Å². The van der Waals surface area contributed by atoms with Gasteiger partial charge in [0.2, 0.25) is 0 Å². The lowest BCUT2D eigenvalue weighted by Gasteiger charge is -2.22. The quantitative estimate of drug-likeness (QED) is 0.194. The minimum absolute atomic E-state index is 0.445. The van der Waals surface area contributed by atoms with Crippen LogP contribution in [-0.2, 0) is 0 Å². The molecule has 7 aromatic carbocycles. The highest BCUT2D eigenvalue weighted by Crippen LogP contribution is 2.40. The molecule has 1 aliphatic heterocycles. The van der Waals surface area contributed by atoms with E-state index in [1.807, 2.05) is 78.9 Å². The van der Waals surface area contributed by atoms with Crippen LogP contribution < -0.4 is 5.32 Å². The highest BCUT2D eigenvalue weighted by atomic mass is 16.3. The van der Waals surface area contributed by atoms with Crippen molar-refractivity contribution in [2.24, 2.45) is 9.98 Å². The van der Waals surface area contributed by atoms with Crippen molar-refractivity contribution in [3.05, 3.63) is 186 Å². The van der Waals surface area contributed by atoms with Gasteiger partial charge < -0.3 is 14.3 Å². The molecule has 0 saturated carbocycles. The van der Waals surface area contributed by atoms with E-state index < -0.39 is 6.17 Å². The fraction of sp³-hybridized carbons (Fsp3) is 0.0213. The van der Waals surface area contributed by atoms with Crippen LogP contribution in [0.2, 0.25) is 0 Å². The Kier molecular flexibility index (Phi) is 7.18. The van der Waals surface area contributed by atoms with Crippen molar-refractivity contribution < 1.29 is 4.42 Å². The number of para-hydroxylation sites is 1. The van der Waals surface area contributed by atoms with Crippen molar-refractivity contribution in [3.63, 3.8) is 0 Å². The Balaban J connectivity index is 1.13. The molecule has 0 radical (unpaired) electrons. The molecule has 0 fully saturated rings. The molecular formula is C47H28N6O. The Morgan fingerprint density at radius 1 is 0.519 bits per heavy atom. The molecule has 252 valence electrons. The smallest absolute Gasteiger partial charge is 0.170 e. The second kappa shape index (κ2) is 12.5. The van der Waals surface area contributed by atoms with E-state index in [-0.39, 0.29) is 0 Å². The lowest BCUT2D eigenvalue weighted by Crippen LogP contribution is -2.36. The van der Waals surface area contributed by atoms with Gasteiger partial charge >= 0.3 is 0 Å². The molecule has 7 nitrogen and oxygen atoms in total. The van der Waals surface area contributed by atoms with Crippen molar-refractivity contribution in [1.29, 1.82) is 10.5 Å². The molecule has 0 amide bonds. The van der Waals surface area contributed by atoms with Gasteiger partial charge in [-0.2, -0.15) is 10.5 Å². The molecular weight excluding hydrogens is 665 g/mol. The van der Waals surface area contributed by atoms with Gasteiger partial charge in [0.05, 0.1) is 34.3 Å². The average molecular weight is 693 g/mol. The second-order valence-corrected chi connectivity index (χ2v) is 13.3. The first-order chi connectivity index (χ1) is 26.6. The number of hydrogen-bond donors (Lipinski definition) is 1. The number of benzene rings is 7. The molecule has 10 rings (SSSR count). The minimum Gasteiger partial charge on any atom is -0.456 e. The van der Waals surface area contributed by atoms with Gasteiger partial charge in [0, 0.05) is 43.9 Å². The van der Waals surface area contributed by atoms with Crippen LogP contribution in [0.4, 0.5) is 0 Å². The van der Waals surface area contributed by atoms with E-state index in [2.05, 4.69) is 94.8 Å². The number of aliphatic imine (C=N–C) groups is 2. The lowest BCUT2D eigenvalue weighted by molar-refractivity contribution is 0.667. The first-order valence-corrected chi connectivity index (χ1v) is 17.6. The zero-order valence-corrected chi connectivity index (χ0v) is 28.7. The van der Waals surface area contributed by atoms with Crippen molar-refractivity contribution in [3.8, 4) is 29.0 Å². The number of aromatic nitrogens is 1. The fourth-order valence-corrected chi connectivity index (χ4v) is 7.62. The molecule has 1 aliphatic rings. The highest BCUT2D eigenvalue weighted by molar-refractivity contribution is 6.16. The number of nitriles is 2. The largest absolute Gasteiger partial charge is 0.456 e. The summed E-state index contributed by atoms with van der Waals surface area (Å²) >= 11 is 0. The molecule has 0 atom stereocenters. The highest BCUT2D eigenvalue weighted by Gasteiger charge is 2.24. The lowest BCUT2D eigenvalue weighted by atomic mass is 9.98. The Morgan fingerprint density at radius 3 is 1.81 bits per heavy atom. The van der Waals surface area contributed by atoms with Gasteiger partial charge in [0.15, 0.2) is 6.17 Å². The SMILES string of the molecule is N#Cc1cc(C#N)cc(-n2c3ccccc3c3cc(-c4ccc5oc6cccc(C7N=C(c8ccccc8)NC(c8ccccc8)=N7)c6c5c4)ccc32)c1. The summed E-state index contributed by atoms with van der Waals surface area (Å²) in [5.41, 5.74) is 10.2. The average Bonchev–Trinajstić information content (AvgIpc) is 3.79. The van der Waals surface area contributed by atoms with Crippen LogP contribution in [0.1, 0.15) is 34.0 Å². The standard InChI is InChI=1S/C47H28N6O/c48-27-29-22-30(28-49)24-35(23-29)53-40-16-8-7-14-36(40)38-25-33(18-20-41(38)53)34-19-21-42-39(26-34)44-37(15-9-17-43(44)54-42)47-51-45(31-10-3-1-4-11-31)50-46(52-47)32-12-5-2-6-13-32/h1-26,47H,(H,50,51,52). The topological polar surface area (TPSA) is 102 Å². The zero-order chi connectivity index (χ0) is 36.2. The van der Waals surface area contributed by atoms with Gasteiger partial charge in [-0.3, -0.25) is 0 Å². The number of fused-ring (bicyclic) bond motifs is 6. The molecule has 2 aromatic heterocycles. The number of nitrogens with one attached hydrogen (secondary N) is 1. The Hall–Kier alpha value is -7.74. The molecule has 54 heavy (non-hydrogen) atoms. The fourth-order valence-electron chi connectivity index (χ4n) is 7.62. The van der Waals surface area contributed by atoms with Gasteiger partial charge in [-0.15, -0.1) is 0 Å². The summed E-state index contributed by atoms with van der Waals surface area (Å²) < 4.78 is 8.58. The van der Waals surface area contributed by atoms with Gasteiger partial charge in [-0.05, 0) is 65.7 Å². The van der Waals surface area contributed by atoms with E-state index in [1.54, 1.807) is 6.07 Å². The summed E-state index contributed by atoms with van der Waals surface area (Å²) in [6.07, 6.45) is -0.506. The molecule has 1 N–H and O–H groups in total. The first kappa shape index (κ1) is 31.0. The molecule has 0 aliphatic carbocycles. The van der Waals surface area contributed by atoms with Crippen LogP contribution in [0, 0.1) is 22.7 Å². The van der Waals surface area contributed by atoms with Crippen LogP contribution >= 0.6 is 0 Å². The van der Waals surface area contributed by atoms with Gasteiger partial charge in [0.1, 0.15) is 22.8 Å². The maximum Gasteiger partial charge on any atom is 0.170 e. The summed E-state index contributed by atoms with van der Waals surface area (Å²) in [4.78, 5) is 10.3. The Morgan fingerprint density at radius 2 is 1.13 bits per heavy atom. The number of rotatable bonds is 5. The third kappa shape index (κ3) is 5.11. The van der Waals surface area contributed by atoms with E-state index in [9.17, 15) is 10.5 Å². The number of furan rings is 1. The van der Waals surface area contributed by atoms with Gasteiger partial charge in [-0.25, -0.2) is 9.98 Å². The van der Waals surface area contributed by atoms with Crippen LogP contribution in [0.15, 0.2) is 172 Å². The Labute approximate surface area is 310 Å². The predicted octanol–water partition coefficient (Wildman–Crippen LogP) is 10.6. The maximum absolute atomic E-state index is 9.71. The summed E-state index contributed by atoms with van der Waals surface area (Å²) in [7, 11) is 0. The zero-order valence-electron chi connectivity index (χ0n) is 28.7. The number of amidine groups is 2. The number of hydrogen-bond acceptors (Lipinski definition) is 6. The monoisotopic (exact) mass is 692 g/mol. The van der Waals surface area contributed by atoms with Crippen LogP contribution in [-0.4, -0.2) is 16.2 Å². The van der Waals surface area contributed by atoms with E-state index in [4.69, 9.17) is 14.4 Å². The number of nitrogens with zero attached hydrogens (tertiary/aromatic N) is 5. The predicted molar refractivity (Wildman–Crippen MR) is 215 cm³/mol. The van der Waals surface area contributed by atoms with Gasteiger partial charge in [-0.1, -0.05) is 103 Å². The molecule has 3 heterocycles. The molecule has 0 bridgehead atoms. The molecule has 0 spiro atoms. The van der Waals surface area contributed by atoms with Crippen molar-refractivity contribution >= 4 is 55.4 Å². The summed E-state index contributed by atoms with van der Waals surface area (Å²) in [6, 6.07) is 57.1. The van der Waals surface area contributed by atoms with E-state index in [0.717, 1.165) is 88.9 Å². The normalized spacial score (nSPS) is 13.1. The first-order valence-electron chi connectivity index (χ1n) is 17.6. The third-order valence-electron chi connectivity index (χ3n) is 10.1. The maximum atomic E-state index is 9.71. The van der Waals surface area contributed by atoms with Crippen molar-refractivity contribution in [1.82, 2.24) is 9.88 Å². The summed E-state index contributed by atoms with van der Waals surface area (Å²) in [5.74, 6) is 1.52.